The van der Waals surface area contributed by atoms with E-state index in [-0.39, 0.29) is 5.75 Å². The second-order valence-electron chi connectivity index (χ2n) is 4.21. The minimum Gasteiger partial charge on any atom is -0.223 e. The summed E-state index contributed by atoms with van der Waals surface area (Å²) in [5.41, 5.74) is 1.06. The molecule has 0 atom stereocenters. The van der Waals surface area contributed by atoms with Crippen molar-refractivity contribution in [1.29, 1.82) is 0 Å². The van der Waals surface area contributed by atoms with Crippen molar-refractivity contribution < 1.29 is 8.42 Å². The Kier molecular flexibility index (Phi) is 6.38. The van der Waals surface area contributed by atoms with Gasteiger partial charge in [0.05, 0.1) is 10.6 Å². The summed E-state index contributed by atoms with van der Waals surface area (Å²) in [5.74, 6) is 0.0396. The molecular weight excluding hydrogens is 276 g/mol. The van der Waals surface area contributed by atoms with Gasteiger partial charge in [0.25, 0.3) is 0 Å². The average Bonchev–Trinajstić information content (AvgIpc) is 2.39. The summed E-state index contributed by atoms with van der Waals surface area (Å²) in [7, 11) is -3.21. The van der Waals surface area contributed by atoms with Crippen LogP contribution in [0, 0.1) is 6.92 Å². The van der Waals surface area contributed by atoms with Crippen LogP contribution in [0.25, 0.3) is 0 Å². The molecule has 0 aliphatic rings. The van der Waals surface area contributed by atoms with Gasteiger partial charge in [0.15, 0.2) is 9.84 Å². The van der Waals surface area contributed by atoms with Gasteiger partial charge in [-0.05, 0) is 36.6 Å². The van der Waals surface area contributed by atoms with Crippen LogP contribution in [-0.4, -0.2) is 20.4 Å². The number of allylic oxidation sites excluding steroid dienone is 3. The highest BCUT2D eigenvalue weighted by atomic mass is 32.2. The van der Waals surface area contributed by atoms with Gasteiger partial charge in [-0.1, -0.05) is 42.8 Å². The smallest absolute Gasteiger partial charge is 0.181 e. The zero-order valence-corrected chi connectivity index (χ0v) is 13.2. The number of aryl methyl sites for hydroxylation is 1. The lowest BCUT2D eigenvalue weighted by Gasteiger charge is -2.01. The Hall–Kier alpha value is -1.00. The summed E-state index contributed by atoms with van der Waals surface area (Å²) in [6, 6.07) is 6.96. The predicted molar refractivity (Wildman–Crippen MR) is 84.3 cm³/mol. The van der Waals surface area contributed by atoms with E-state index in [1.54, 1.807) is 30.0 Å². The van der Waals surface area contributed by atoms with Gasteiger partial charge >= 0.3 is 0 Å². The SMILES string of the molecule is CC/C(=C\C=C\CS(=O)(=O)c1ccc(C)cc1)SC. The van der Waals surface area contributed by atoms with Crippen LogP contribution < -0.4 is 0 Å². The molecule has 0 saturated heterocycles. The molecule has 0 fully saturated rings. The lowest BCUT2D eigenvalue weighted by molar-refractivity contribution is 0.599. The molecule has 0 radical (unpaired) electrons. The highest BCUT2D eigenvalue weighted by Crippen LogP contribution is 2.15. The van der Waals surface area contributed by atoms with E-state index in [0.29, 0.717) is 4.90 Å². The van der Waals surface area contributed by atoms with E-state index < -0.39 is 9.84 Å². The highest BCUT2D eigenvalue weighted by Gasteiger charge is 2.11. The zero-order chi connectivity index (χ0) is 14.3. The third-order valence-corrected chi connectivity index (χ3v) is 5.30. The maximum absolute atomic E-state index is 12.1. The molecule has 0 saturated carbocycles. The van der Waals surface area contributed by atoms with Crippen molar-refractivity contribution in [1.82, 2.24) is 0 Å². The molecule has 0 heterocycles. The van der Waals surface area contributed by atoms with Gasteiger partial charge in [-0.25, -0.2) is 8.42 Å². The number of thioether (sulfide) groups is 1. The average molecular weight is 296 g/mol. The first kappa shape index (κ1) is 16.1. The molecule has 0 aliphatic carbocycles. The largest absolute Gasteiger partial charge is 0.223 e. The summed E-state index contributed by atoms with van der Waals surface area (Å²) >= 11 is 1.69. The summed E-state index contributed by atoms with van der Waals surface area (Å²) < 4.78 is 24.1. The monoisotopic (exact) mass is 296 g/mol. The molecule has 104 valence electrons. The summed E-state index contributed by atoms with van der Waals surface area (Å²) in [6.45, 7) is 4.02. The minimum atomic E-state index is -3.21. The number of rotatable bonds is 6. The summed E-state index contributed by atoms with van der Waals surface area (Å²) in [4.78, 5) is 1.62. The van der Waals surface area contributed by atoms with Gasteiger partial charge in [0.1, 0.15) is 0 Å². The van der Waals surface area contributed by atoms with Gasteiger partial charge in [-0.15, -0.1) is 11.8 Å². The maximum Gasteiger partial charge on any atom is 0.181 e. The molecular formula is C15H20O2S2. The van der Waals surface area contributed by atoms with Crippen LogP contribution in [-0.2, 0) is 9.84 Å². The Labute approximate surface area is 120 Å². The first-order valence-electron chi connectivity index (χ1n) is 6.18. The van der Waals surface area contributed by atoms with E-state index in [9.17, 15) is 8.42 Å². The second kappa shape index (κ2) is 7.56. The third-order valence-electron chi connectivity index (χ3n) is 2.72. The molecule has 1 rings (SSSR count). The van der Waals surface area contributed by atoms with Crippen molar-refractivity contribution >= 4 is 21.6 Å². The summed E-state index contributed by atoms with van der Waals surface area (Å²) in [6.07, 6.45) is 8.47. The van der Waals surface area contributed by atoms with E-state index in [0.717, 1.165) is 12.0 Å². The van der Waals surface area contributed by atoms with Crippen molar-refractivity contribution in [2.75, 3.05) is 12.0 Å². The lowest BCUT2D eigenvalue weighted by Crippen LogP contribution is -2.04. The molecule has 0 amide bonds. The van der Waals surface area contributed by atoms with Crippen LogP contribution in [0.4, 0.5) is 0 Å². The Morgan fingerprint density at radius 2 is 1.89 bits per heavy atom. The Bertz CT molecular complexity index is 546. The molecule has 2 nitrogen and oxygen atoms in total. The van der Waals surface area contributed by atoms with Crippen LogP contribution in [0.1, 0.15) is 18.9 Å². The molecule has 4 heteroatoms. The lowest BCUT2D eigenvalue weighted by atomic mass is 10.2. The Balaban J connectivity index is 2.73. The second-order valence-corrected chi connectivity index (χ2v) is 7.18. The molecule has 0 N–H and O–H groups in total. The summed E-state index contributed by atoms with van der Waals surface area (Å²) in [5, 5.41) is 0. The van der Waals surface area contributed by atoms with Gasteiger partial charge < -0.3 is 0 Å². The number of sulfone groups is 1. The Morgan fingerprint density at radius 3 is 2.42 bits per heavy atom. The molecule has 1 aromatic carbocycles. The quantitative estimate of drug-likeness (QED) is 0.745. The Morgan fingerprint density at radius 1 is 1.26 bits per heavy atom. The van der Waals surface area contributed by atoms with Crippen molar-refractivity contribution in [3.63, 3.8) is 0 Å². The van der Waals surface area contributed by atoms with E-state index in [2.05, 4.69) is 6.92 Å². The molecule has 0 aliphatic heterocycles. The highest BCUT2D eigenvalue weighted by molar-refractivity contribution is 8.02. The van der Waals surface area contributed by atoms with E-state index >= 15 is 0 Å². The number of hydrogen-bond donors (Lipinski definition) is 0. The zero-order valence-electron chi connectivity index (χ0n) is 11.6. The number of benzene rings is 1. The fourth-order valence-electron chi connectivity index (χ4n) is 1.53. The van der Waals surface area contributed by atoms with E-state index in [4.69, 9.17) is 0 Å². The van der Waals surface area contributed by atoms with Crippen LogP contribution in [0.5, 0.6) is 0 Å². The normalized spacial score (nSPS) is 13.1. The number of hydrogen-bond acceptors (Lipinski definition) is 3. The maximum atomic E-state index is 12.1. The van der Waals surface area contributed by atoms with Gasteiger partial charge in [-0.3, -0.25) is 0 Å². The van der Waals surface area contributed by atoms with Gasteiger partial charge in [0, 0.05) is 0 Å². The fourth-order valence-corrected chi connectivity index (χ4v) is 3.14. The molecule has 0 aromatic heterocycles. The van der Waals surface area contributed by atoms with Crippen molar-refractivity contribution in [3.8, 4) is 0 Å². The minimum absolute atomic E-state index is 0.0396. The third kappa shape index (κ3) is 5.25. The van der Waals surface area contributed by atoms with Gasteiger partial charge in [0.2, 0.25) is 0 Å². The van der Waals surface area contributed by atoms with E-state index in [1.165, 1.54) is 4.91 Å². The molecule has 1 aromatic rings. The van der Waals surface area contributed by atoms with Crippen molar-refractivity contribution in [2.45, 2.75) is 25.2 Å². The standard InChI is InChI=1S/C15H20O2S2/c1-4-14(18-3)7-5-6-12-19(16,17)15-10-8-13(2)9-11-15/h5-11H,4,12H2,1-3H3/b6-5+,14-7+. The topological polar surface area (TPSA) is 34.1 Å². The predicted octanol–water partition coefficient (Wildman–Crippen LogP) is 3.98. The fraction of sp³-hybridized carbons (Fsp3) is 0.333. The first-order valence-corrected chi connectivity index (χ1v) is 9.06. The van der Waals surface area contributed by atoms with Gasteiger partial charge in [-0.2, -0.15) is 0 Å². The van der Waals surface area contributed by atoms with Crippen molar-refractivity contribution in [3.05, 3.63) is 53.0 Å². The molecule has 19 heavy (non-hydrogen) atoms. The van der Waals surface area contributed by atoms with E-state index in [1.807, 2.05) is 37.5 Å². The molecule has 0 unspecified atom stereocenters. The van der Waals surface area contributed by atoms with Crippen LogP contribution >= 0.6 is 11.8 Å². The van der Waals surface area contributed by atoms with Crippen molar-refractivity contribution in [2.24, 2.45) is 0 Å². The molecule has 0 spiro atoms. The molecule has 0 bridgehead atoms. The first-order chi connectivity index (χ1) is 8.99. The van der Waals surface area contributed by atoms with Crippen LogP contribution in [0.3, 0.4) is 0 Å². The van der Waals surface area contributed by atoms with Crippen LogP contribution in [0.2, 0.25) is 0 Å². The van der Waals surface area contributed by atoms with Crippen LogP contribution in [0.15, 0.2) is 52.3 Å².